The van der Waals surface area contributed by atoms with Gasteiger partial charge in [0.05, 0.1) is 19.3 Å². The van der Waals surface area contributed by atoms with Gasteiger partial charge in [-0.15, -0.1) is 0 Å². The monoisotopic (exact) mass is 248 g/mol. The number of methoxy groups -OCH3 is 1. The third kappa shape index (κ3) is 3.04. The minimum atomic E-state index is -1.96. The van der Waals surface area contributed by atoms with E-state index in [0.717, 1.165) is 25.7 Å². The fourth-order valence-corrected chi connectivity index (χ4v) is 3.40. The molecule has 0 amide bonds. The Morgan fingerprint density at radius 3 is 2.12 bits per heavy atom. The first kappa shape index (κ1) is 14.1. The van der Waals surface area contributed by atoms with Crippen LogP contribution in [-0.2, 0) is 18.3 Å². The largest absolute Gasteiger partial charge is 0.398 e. The number of rotatable bonds is 7. The Morgan fingerprint density at radius 1 is 1.25 bits per heavy atom. The Kier molecular flexibility index (Phi) is 4.94. The second-order valence-electron chi connectivity index (χ2n) is 4.95. The zero-order valence-corrected chi connectivity index (χ0v) is 12.0. The molecule has 0 N–H and O–H groups in total. The van der Waals surface area contributed by atoms with Crippen LogP contribution in [-0.4, -0.2) is 49.2 Å². The SMILES string of the molecule is COC(CC[Si](C)(OC)OC)C1(C)COC1. The van der Waals surface area contributed by atoms with Gasteiger partial charge >= 0.3 is 8.56 Å². The molecule has 1 saturated heterocycles. The average Bonchev–Trinajstić information content (AvgIpc) is 2.27. The summed E-state index contributed by atoms with van der Waals surface area (Å²) in [7, 11) is 3.26. The van der Waals surface area contributed by atoms with Crippen LogP contribution in [0.3, 0.4) is 0 Å². The van der Waals surface area contributed by atoms with Crippen LogP contribution in [0.25, 0.3) is 0 Å². The fourth-order valence-electron chi connectivity index (χ4n) is 2.04. The molecular formula is C11H24O4Si. The van der Waals surface area contributed by atoms with E-state index in [-0.39, 0.29) is 11.5 Å². The molecule has 0 bridgehead atoms. The van der Waals surface area contributed by atoms with E-state index in [1.165, 1.54) is 0 Å². The van der Waals surface area contributed by atoms with Crippen LogP contribution in [0.15, 0.2) is 0 Å². The summed E-state index contributed by atoms with van der Waals surface area (Å²) in [6, 6.07) is 0.952. The highest BCUT2D eigenvalue weighted by molar-refractivity contribution is 6.65. The Morgan fingerprint density at radius 2 is 1.81 bits per heavy atom. The van der Waals surface area contributed by atoms with Crippen molar-refractivity contribution in [2.24, 2.45) is 5.41 Å². The molecule has 16 heavy (non-hydrogen) atoms. The van der Waals surface area contributed by atoms with E-state index in [1.807, 2.05) is 0 Å². The van der Waals surface area contributed by atoms with Crippen LogP contribution in [0.2, 0.25) is 12.6 Å². The summed E-state index contributed by atoms with van der Waals surface area (Å²) in [5, 5.41) is 0. The number of hydrogen-bond acceptors (Lipinski definition) is 4. The van der Waals surface area contributed by atoms with Crippen LogP contribution in [0.4, 0.5) is 0 Å². The number of ether oxygens (including phenoxy) is 2. The Balaban J connectivity index is 2.45. The molecule has 1 aliphatic rings. The Bertz CT molecular complexity index is 214. The molecule has 0 aromatic heterocycles. The average molecular weight is 248 g/mol. The van der Waals surface area contributed by atoms with E-state index in [1.54, 1.807) is 21.3 Å². The zero-order chi connectivity index (χ0) is 12.2. The minimum absolute atomic E-state index is 0.172. The first-order chi connectivity index (χ1) is 7.49. The van der Waals surface area contributed by atoms with E-state index in [9.17, 15) is 0 Å². The summed E-state index contributed by atoms with van der Waals surface area (Å²) in [6.07, 6.45) is 1.21. The predicted molar refractivity (Wildman–Crippen MR) is 64.8 cm³/mol. The van der Waals surface area contributed by atoms with Gasteiger partial charge in [-0.25, -0.2) is 0 Å². The summed E-state index contributed by atoms with van der Waals surface area (Å²) < 4.78 is 21.8. The van der Waals surface area contributed by atoms with Gasteiger partial charge in [0.1, 0.15) is 0 Å². The molecule has 1 rings (SSSR count). The van der Waals surface area contributed by atoms with Gasteiger partial charge in [0.2, 0.25) is 0 Å². The molecular weight excluding hydrogens is 224 g/mol. The summed E-state index contributed by atoms with van der Waals surface area (Å²) in [5.74, 6) is 0. The maximum absolute atomic E-state index is 5.57. The molecule has 1 unspecified atom stereocenters. The summed E-state index contributed by atoms with van der Waals surface area (Å²) >= 11 is 0. The lowest BCUT2D eigenvalue weighted by atomic mass is 9.81. The van der Waals surface area contributed by atoms with E-state index in [2.05, 4.69) is 13.5 Å². The molecule has 0 spiro atoms. The molecule has 0 saturated carbocycles. The van der Waals surface area contributed by atoms with Crippen LogP contribution in [0, 0.1) is 5.41 Å². The van der Waals surface area contributed by atoms with Gasteiger partial charge in [-0.3, -0.25) is 0 Å². The standard InChI is InChI=1S/C11H24O4Si/c1-11(8-15-9-11)10(12-2)6-7-16(5,13-3)14-4/h10H,6-9H2,1-5H3. The smallest absolute Gasteiger partial charge is 0.334 e. The van der Waals surface area contributed by atoms with Crippen molar-refractivity contribution in [1.82, 2.24) is 0 Å². The van der Waals surface area contributed by atoms with Crippen molar-refractivity contribution in [3.05, 3.63) is 0 Å². The van der Waals surface area contributed by atoms with Gasteiger partial charge in [0, 0.05) is 26.7 Å². The molecule has 0 aromatic carbocycles. The lowest BCUT2D eigenvalue weighted by molar-refractivity contribution is -0.170. The second-order valence-corrected chi connectivity index (χ2v) is 8.54. The van der Waals surface area contributed by atoms with E-state index >= 15 is 0 Å². The van der Waals surface area contributed by atoms with Crippen LogP contribution < -0.4 is 0 Å². The molecule has 0 aliphatic carbocycles. The predicted octanol–water partition coefficient (Wildman–Crippen LogP) is 1.79. The lowest BCUT2D eigenvalue weighted by Gasteiger charge is -2.44. The van der Waals surface area contributed by atoms with Crippen LogP contribution >= 0.6 is 0 Å². The number of hydrogen-bond donors (Lipinski definition) is 0. The highest BCUT2D eigenvalue weighted by Crippen LogP contribution is 2.35. The van der Waals surface area contributed by atoms with Gasteiger partial charge in [-0.2, -0.15) is 0 Å². The second kappa shape index (κ2) is 5.60. The van der Waals surface area contributed by atoms with Crippen molar-refractivity contribution in [3.8, 4) is 0 Å². The minimum Gasteiger partial charge on any atom is -0.398 e. The highest BCUT2D eigenvalue weighted by Gasteiger charge is 2.43. The maximum atomic E-state index is 5.57. The molecule has 0 radical (unpaired) electrons. The van der Waals surface area contributed by atoms with Gasteiger partial charge in [-0.05, 0) is 19.0 Å². The molecule has 1 aliphatic heterocycles. The molecule has 0 aromatic rings. The van der Waals surface area contributed by atoms with Crippen molar-refractivity contribution in [1.29, 1.82) is 0 Å². The van der Waals surface area contributed by atoms with Gasteiger partial charge in [-0.1, -0.05) is 6.92 Å². The normalized spacial score (nSPS) is 21.6. The van der Waals surface area contributed by atoms with Crippen LogP contribution in [0.5, 0.6) is 0 Å². The summed E-state index contributed by atoms with van der Waals surface area (Å²) in [5.41, 5.74) is 0.172. The first-order valence-electron chi connectivity index (χ1n) is 5.70. The summed E-state index contributed by atoms with van der Waals surface area (Å²) in [4.78, 5) is 0. The highest BCUT2D eigenvalue weighted by atomic mass is 28.4. The van der Waals surface area contributed by atoms with Crippen molar-refractivity contribution < 1.29 is 18.3 Å². The zero-order valence-electron chi connectivity index (χ0n) is 11.0. The topological polar surface area (TPSA) is 36.9 Å². The molecule has 1 heterocycles. The first-order valence-corrected chi connectivity index (χ1v) is 8.23. The van der Waals surface area contributed by atoms with E-state index < -0.39 is 8.56 Å². The van der Waals surface area contributed by atoms with Crippen molar-refractivity contribution in [3.63, 3.8) is 0 Å². The van der Waals surface area contributed by atoms with E-state index in [0.29, 0.717) is 0 Å². The Hall–Kier alpha value is 0.0569. The molecule has 96 valence electrons. The molecule has 1 atom stereocenters. The van der Waals surface area contributed by atoms with Crippen molar-refractivity contribution in [2.75, 3.05) is 34.5 Å². The van der Waals surface area contributed by atoms with Crippen LogP contribution in [0.1, 0.15) is 13.3 Å². The third-order valence-corrected chi connectivity index (χ3v) is 6.57. The molecule has 1 fully saturated rings. The van der Waals surface area contributed by atoms with Crippen molar-refractivity contribution >= 4 is 8.56 Å². The van der Waals surface area contributed by atoms with Gasteiger partial charge in [0.25, 0.3) is 0 Å². The molecule has 4 nitrogen and oxygen atoms in total. The van der Waals surface area contributed by atoms with Gasteiger partial charge < -0.3 is 18.3 Å². The third-order valence-electron chi connectivity index (χ3n) is 3.65. The lowest BCUT2D eigenvalue weighted by Crippen LogP contribution is -2.50. The van der Waals surface area contributed by atoms with E-state index in [4.69, 9.17) is 18.3 Å². The van der Waals surface area contributed by atoms with Gasteiger partial charge in [0.15, 0.2) is 0 Å². The fraction of sp³-hybridized carbons (Fsp3) is 1.00. The molecule has 5 heteroatoms. The van der Waals surface area contributed by atoms with Crippen molar-refractivity contribution in [2.45, 2.75) is 32.0 Å². The summed E-state index contributed by atoms with van der Waals surface area (Å²) in [6.45, 7) is 5.88. The quantitative estimate of drug-likeness (QED) is 0.644. The Labute approximate surface area is 99.5 Å². The maximum Gasteiger partial charge on any atom is 0.334 e.